The van der Waals surface area contributed by atoms with E-state index in [9.17, 15) is 13.6 Å². The summed E-state index contributed by atoms with van der Waals surface area (Å²) in [6, 6.07) is 5.57. The Hall–Kier alpha value is -1.89. The summed E-state index contributed by atoms with van der Waals surface area (Å²) in [5.41, 5.74) is 0.486. The highest BCUT2D eigenvalue weighted by Crippen LogP contribution is 2.27. The molecule has 2 amide bonds. The summed E-state index contributed by atoms with van der Waals surface area (Å²) in [6.07, 6.45) is 1.88. The van der Waals surface area contributed by atoms with Gasteiger partial charge >= 0.3 is 12.6 Å². The number of urea groups is 1. The van der Waals surface area contributed by atoms with Gasteiger partial charge in [0.2, 0.25) is 0 Å². The predicted molar refractivity (Wildman–Crippen MR) is 68.9 cm³/mol. The third-order valence-electron chi connectivity index (χ3n) is 2.92. The first-order chi connectivity index (χ1) is 9.60. The Balaban J connectivity index is 1.93. The van der Waals surface area contributed by atoms with Crippen molar-refractivity contribution in [2.75, 3.05) is 18.5 Å². The van der Waals surface area contributed by atoms with Gasteiger partial charge in [-0.1, -0.05) is 0 Å². The van der Waals surface area contributed by atoms with Gasteiger partial charge in [0.15, 0.2) is 0 Å². The fourth-order valence-electron chi connectivity index (χ4n) is 1.86. The van der Waals surface area contributed by atoms with Gasteiger partial charge in [0.1, 0.15) is 5.75 Å². The van der Waals surface area contributed by atoms with E-state index in [1.807, 2.05) is 0 Å². The summed E-state index contributed by atoms with van der Waals surface area (Å²) in [5.74, 6) is 0.0346. The van der Waals surface area contributed by atoms with E-state index in [-0.39, 0.29) is 31.0 Å². The van der Waals surface area contributed by atoms with Gasteiger partial charge in [-0.3, -0.25) is 0 Å². The number of alkyl halides is 2. The summed E-state index contributed by atoms with van der Waals surface area (Å²) in [6.45, 7) is -2.68. The SMILES string of the molecule is O=C(Nc1ccc(OC(F)F)cc1)N(CCO)C1CC1. The van der Waals surface area contributed by atoms with Crippen molar-refractivity contribution in [3.63, 3.8) is 0 Å². The third-order valence-corrected chi connectivity index (χ3v) is 2.92. The first-order valence-electron chi connectivity index (χ1n) is 6.33. The molecular formula is C13H16F2N2O3. The molecule has 0 atom stereocenters. The highest BCUT2D eigenvalue weighted by atomic mass is 19.3. The Morgan fingerprint density at radius 1 is 1.40 bits per heavy atom. The maximum Gasteiger partial charge on any atom is 0.387 e. The van der Waals surface area contributed by atoms with Crippen LogP contribution in [-0.4, -0.2) is 41.8 Å². The second-order valence-corrected chi connectivity index (χ2v) is 4.48. The average molecular weight is 286 g/mol. The average Bonchev–Trinajstić information content (AvgIpc) is 3.22. The summed E-state index contributed by atoms with van der Waals surface area (Å²) < 4.78 is 28.2. The number of amides is 2. The van der Waals surface area contributed by atoms with Crippen LogP contribution in [0.4, 0.5) is 19.3 Å². The zero-order valence-electron chi connectivity index (χ0n) is 10.8. The molecule has 1 saturated carbocycles. The maximum absolute atomic E-state index is 12.0. The Labute approximate surface area is 115 Å². The number of benzene rings is 1. The molecule has 0 saturated heterocycles. The number of hydrogen-bond acceptors (Lipinski definition) is 3. The number of carbonyl (C=O) groups excluding carboxylic acids is 1. The van der Waals surface area contributed by atoms with Crippen LogP contribution >= 0.6 is 0 Å². The van der Waals surface area contributed by atoms with Gasteiger partial charge in [0.05, 0.1) is 6.61 Å². The van der Waals surface area contributed by atoms with Crippen molar-refractivity contribution in [2.24, 2.45) is 0 Å². The molecule has 0 aliphatic heterocycles. The highest BCUT2D eigenvalue weighted by molar-refractivity contribution is 5.89. The predicted octanol–water partition coefficient (Wildman–Crippen LogP) is 2.28. The maximum atomic E-state index is 12.0. The van der Waals surface area contributed by atoms with E-state index in [2.05, 4.69) is 10.1 Å². The Morgan fingerprint density at radius 2 is 2.05 bits per heavy atom. The number of halogens is 2. The lowest BCUT2D eigenvalue weighted by molar-refractivity contribution is -0.0498. The minimum Gasteiger partial charge on any atom is -0.435 e. The van der Waals surface area contributed by atoms with Crippen LogP contribution in [0.5, 0.6) is 5.75 Å². The molecule has 0 spiro atoms. The molecule has 1 aromatic carbocycles. The van der Waals surface area contributed by atoms with Crippen LogP contribution in [0.25, 0.3) is 0 Å². The van der Waals surface area contributed by atoms with Gasteiger partial charge in [-0.25, -0.2) is 4.79 Å². The minimum atomic E-state index is -2.87. The first-order valence-corrected chi connectivity index (χ1v) is 6.33. The first kappa shape index (κ1) is 14.5. The zero-order valence-corrected chi connectivity index (χ0v) is 10.8. The summed E-state index contributed by atoms with van der Waals surface area (Å²) in [7, 11) is 0. The number of nitrogens with zero attached hydrogens (tertiary/aromatic N) is 1. The van der Waals surface area contributed by atoms with E-state index in [0.717, 1.165) is 12.8 Å². The van der Waals surface area contributed by atoms with Gasteiger partial charge in [-0.15, -0.1) is 0 Å². The number of rotatable bonds is 6. The summed E-state index contributed by atoms with van der Waals surface area (Å²) in [4.78, 5) is 13.6. The number of carbonyl (C=O) groups is 1. The minimum absolute atomic E-state index is 0.0346. The van der Waals surface area contributed by atoms with Crippen molar-refractivity contribution in [3.8, 4) is 5.75 Å². The van der Waals surface area contributed by atoms with Crippen LogP contribution < -0.4 is 10.1 Å². The highest BCUT2D eigenvalue weighted by Gasteiger charge is 2.32. The molecule has 5 nitrogen and oxygen atoms in total. The van der Waals surface area contributed by atoms with Gasteiger partial charge in [-0.2, -0.15) is 8.78 Å². The number of ether oxygens (including phenoxy) is 1. The zero-order chi connectivity index (χ0) is 14.5. The lowest BCUT2D eigenvalue weighted by Gasteiger charge is -2.21. The van der Waals surface area contributed by atoms with Crippen LogP contribution in [0.1, 0.15) is 12.8 Å². The van der Waals surface area contributed by atoms with E-state index in [1.165, 1.54) is 24.3 Å². The van der Waals surface area contributed by atoms with Gasteiger partial charge < -0.3 is 20.1 Å². The van der Waals surface area contributed by atoms with Crippen LogP contribution in [0, 0.1) is 0 Å². The number of aliphatic hydroxyl groups is 1. The van der Waals surface area contributed by atoms with E-state index in [1.54, 1.807) is 4.90 Å². The van der Waals surface area contributed by atoms with E-state index >= 15 is 0 Å². The Bertz CT molecular complexity index is 449. The second kappa shape index (κ2) is 6.51. The molecule has 1 aliphatic carbocycles. The van der Waals surface area contributed by atoms with Crippen LogP contribution in [0.3, 0.4) is 0 Å². The number of nitrogens with one attached hydrogen (secondary N) is 1. The second-order valence-electron chi connectivity index (χ2n) is 4.48. The molecule has 1 aliphatic rings. The Kier molecular flexibility index (Phi) is 4.73. The lowest BCUT2D eigenvalue weighted by Crippen LogP contribution is -2.38. The molecule has 110 valence electrons. The molecule has 0 heterocycles. The van der Waals surface area contributed by atoms with Gasteiger partial charge in [0.25, 0.3) is 0 Å². The van der Waals surface area contributed by atoms with Crippen molar-refractivity contribution < 1.29 is 23.4 Å². The summed E-state index contributed by atoms with van der Waals surface area (Å²) >= 11 is 0. The molecule has 0 unspecified atom stereocenters. The van der Waals surface area contributed by atoms with Crippen LogP contribution in [-0.2, 0) is 0 Å². The van der Waals surface area contributed by atoms with Gasteiger partial charge in [0, 0.05) is 18.3 Å². The molecule has 20 heavy (non-hydrogen) atoms. The van der Waals surface area contributed by atoms with Crippen molar-refractivity contribution in [3.05, 3.63) is 24.3 Å². The normalized spacial score (nSPS) is 14.2. The van der Waals surface area contributed by atoms with Crippen molar-refractivity contribution in [2.45, 2.75) is 25.5 Å². The number of anilines is 1. The monoisotopic (exact) mass is 286 g/mol. The molecule has 2 rings (SSSR count). The fourth-order valence-corrected chi connectivity index (χ4v) is 1.86. The standard InChI is InChI=1S/C13H16F2N2O3/c14-12(15)20-11-5-1-9(2-6-11)16-13(19)17(7-8-18)10-3-4-10/h1-2,5-6,10,12,18H,3-4,7-8H2,(H,16,19). The smallest absolute Gasteiger partial charge is 0.387 e. The Morgan fingerprint density at radius 3 is 2.55 bits per heavy atom. The van der Waals surface area contributed by atoms with Gasteiger partial charge in [-0.05, 0) is 37.1 Å². The van der Waals surface area contributed by atoms with E-state index in [4.69, 9.17) is 5.11 Å². The third kappa shape index (κ3) is 4.06. The largest absolute Gasteiger partial charge is 0.435 e. The van der Waals surface area contributed by atoms with Crippen molar-refractivity contribution in [1.82, 2.24) is 4.90 Å². The lowest BCUT2D eigenvalue weighted by atomic mass is 10.3. The molecule has 0 radical (unpaired) electrons. The van der Waals surface area contributed by atoms with Crippen molar-refractivity contribution >= 4 is 11.7 Å². The summed E-state index contributed by atoms with van der Waals surface area (Å²) in [5, 5.41) is 11.6. The molecular weight excluding hydrogens is 270 g/mol. The van der Waals surface area contributed by atoms with Crippen LogP contribution in [0.2, 0.25) is 0 Å². The molecule has 0 aromatic heterocycles. The fraction of sp³-hybridized carbons (Fsp3) is 0.462. The van der Waals surface area contributed by atoms with Crippen LogP contribution in [0.15, 0.2) is 24.3 Å². The topological polar surface area (TPSA) is 61.8 Å². The molecule has 1 fully saturated rings. The number of aliphatic hydroxyl groups excluding tert-OH is 1. The van der Waals surface area contributed by atoms with Crippen molar-refractivity contribution in [1.29, 1.82) is 0 Å². The quantitative estimate of drug-likeness (QED) is 0.843. The molecule has 0 bridgehead atoms. The number of hydrogen-bond donors (Lipinski definition) is 2. The molecule has 2 N–H and O–H groups in total. The molecule has 7 heteroatoms. The van der Waals surface area contributed by atoms with E-state index < -0.39 is 6.61 Å². The van der Waals surface area contributed by atoms with E-state index in [0.29, 0.717) is 5.69 Å². The molecule has 1 aromatic rings.